The van der Waals surface area contributed by atoms with E-state index in [4.69, 9.17) is 5.26 Å². The molecule has 0 unspecified atom stereocenters. The summed E-state index contributed by atoms with van der Waals surface area (Å²) in [6, 6.07) is 16.7. The first kappa shape index (κ1) is 25.7. The Balaban J connectivity index is 1.62. The molecule has 0 radical (unpaired) electrons. The van der Waals surface area contributed by atoms with Crippen LogP contribution in [0.25, 0.3) is 5.57 Å². The molecule has 2 amide bonds. The van der Waals surface area contributed by atoms with Crippen LogP contribution in [0.2, 0.25) is 0 Å². The van der Waals surface area contributed by atoms with Gasteiger partial charge in [-0.3, -0.25) is 9.59 Å². The van der Waals surface area contributed by atoms with Gasteiger partial charge in [0, 0.05) is 39.0 Å². The van der Waals surface area contributed by atoms with E-state index in [9.17, 15) is 9.59 Å². The lowest BCUT2D eigenvalue weighted by molar-refractivity contribution is 0.0946. The van der Waals surface area contributed by atoms with Crippen LogP contribution in [0.5, 0.6) is 0 Å². The van der Waals surface area contributed by atoms with Gasteiger partial charge in [0.1, 0.15) is 5.01 Å². The zero-order valence-electron chi connectivity index (χ0n) is 19.4. The smallest absolute Gasteiger partial charge is 0.252 e. The average molecular weight is 501 g/mol. The normalized spacial score (nSPS) is 11.5. The lowest BCUT2D eigenvalue weighted by atomic mass is 10.1. The molecule has 0 atom stereocenters. The zero-order valence-corrected chi connectivity index (χ0v) is 21.0. The van der Waals surface area contributed by atoms with Crippen LogP contribution >= 0.6 is 23.1 Å². The number of thiazole rings is 1. The summed E-state index contributed by atoms with van der Waals surface area (Å²) < 4.78 is 0. The SMILES string of the molecule is C=C/C(C#N)=C\C(=C/C)c1ncc(CNC(=O)c2ccc(Sc3ccccc3C(=O)NC)cc2)s1. The van der Waals surface area contributed by atoms with Crippen LogP contribution in [0.1, 0.15) is 37.5 Å². The van der Waals surface area contributed by atoms with Gasteiger partial charge in [-0.25, -0.2) is 4.98 Å². The Morgan fingerprint density at radius 3 is 2.57 bits per heavy atom. The van der Waals surface area contributed by atoms with Crippen molar-refractivity contribution in [3.05, 3.63) is 106 Å². The van der Waals surface area contributed by atoms with Crippen molar-refractivity contribution >= 4 is 40.5 Å². The Morgan fingerprint density at radius 2 is 1.91 bits per heavy atom. The minimum atomic E-state index is -0.188. The fourth-order valence-corrected chi connectivity index (χ4v) is 4.89. The summed E-state index contributed by atoms with van der Waals surface area (Å²) >= 11 is 2.92. The summed E-state index contributed by atoms with van der Waals surface area (Å²) in [4.78, 5) is 31.8. The Hall–Kier alpha value is -3.93. The fraction of sp³-hybridized carbons (Fsp3) is 0.111. The van der Waals surface area contributed by atoms with E-state index >= 15 is 0 Å². The van der Waals surface area contributed by atoms with Crippen LogP contribution in [-0.2, 0) is 6.54 Å². The second-order valence-corrected chi connectivity index (χ2v) is 9.41. The van der Waals surface area contributed by atoms with Gasteiger partial charge in [-0.2, -0.15) is 5.26 Å². The summed E-state index contributed by atoms with van der Waals surface area (Å²) in [7, 11) is 1.61. The van der Waals surface area contributed by atoms with Gasteiger partial charge in [-0.15, -0.1) is 11.3 Å². The standard InChI is InChI=1S/C27H24N4O2S2/c1-4-18(15-28)14-19(5-2)27-31-17-22(35-27)16-30-25(32)20-10-12-21(13-11-20)34-24-9-7-6-8-23(24)26(33)29-3/h4-14,17H,1,16H2,2-3H3,(H,29,33)(H,30,32)/b18-14+,19-5+. The quantitative estimate of drug-likeness (QED) is 0.294. The van der Waals surface area contributed by atoms with Gasteiger partial charge in [0.2, 0.25) is 0 Å². The first-order chi connectivity index (χ1) is 17.0. The van der Waals surface area contributed by atoms with Gasteiger partial charge >= 0.3 is 0 Å². The molecule has 0 fully saturated rings. The monoisotopic (exact) mass is 500 g/mol. The van der Waals surface area contributed by atoms with Crippen molar-refractivity contribution in [3.63, 3.8) is 0 Å². The van der Waals surface area contributed by atoms with Crippen LogP contribution < -0.4 is 10.6 Å². The molecule has 3 aromatic rings. The number of aromatic nitrogens is 1. The van der Waals surface area contributed by atoms with Crippen molar-refractivity contribution in [1.29, 1.82) is 5.26 Å². The number of hydrogen-bond acceptors (Lipinski definition) is 6. The molecular formula is C27H24N4O2S2. The maximum atomic E-state index is 12.6. The summed E-state index contributed by atoms with van der Waals surface area (Å²) in [6.07, 6.45) is 6.85. The number of allylic oxidation sites excluding steroid dienone is 5. The molecule has 0 bridgehead atoms. The Bertz CT molecular complexity index is 1330. The van der Waals surface area contributed by atoms with Gasteiger partial charge < -0.3 is 10.6 Å². The van der Waals surface area contributed by atoms with Crippen molar-refractivity contribution < 1.29 is 9.59 Å². The largest absolute Gasteiger partial charge is 0.355 e. The van der Waals surface area contributed by atoms with Crippen LogP contribution in [-0.4, -0.2) is 23.8 Å². The average Bonchev–Trinajstić information content (AvgIpc) is 3.37. The molecule has 3 rings (SSSR count). The van der Waals surface area contributed by atoms with E-state index in [1.807, 2.05) is 43.3 Å². The van der Waals surface area contributed by atoms with Crippen molar-refractivity contribution in [1.82, 2.24) is 15.6 Å². The highest BCUT2D eigenvalue weighted by molar-refractivity contribution is 7.99. The second-order valence-electron chi connectivity index (χ2n) is 7.18. The molecule has 0 aliphatic carbocycles. The molecule has 176 valence electrons. The lowest BCUT2D eigenvalue weighted by Crippen LogP contribution is -2.22. The van der Waals surface area contributed by atoms with Gasteiger partial charge in [0.25, 0.3) is 11.8 Å². The number of amides is 2. The molecule has 1 aromatic heterocycles. The van der Waals surface area contributed by atoms with E-state index in [0.29, 0.717) is 23.2 Å². The van der Waals surface area contributed by atoms with Gasteiger partial charge in [-0.1, -0.05) is 42.6 Å². The van der Waals surface area contributed by atoms with Crippen LogP contribution in [0.15, 0.2) is 94.9 Å². The minimum absolute atomic E-state index is 0.140. The molecule has 8 heteroatoms. The third-order valence-electron chi connectivity index (χ3n) is 4.90. The Kier molecular flexibility index (Phi) is 9.18. The van der Waals surface area contributed by atoms with Crippen LogP contribution in [0.3, 0.4) is 0 Å². The molecular weight excluding hydrogens is 476 g/mol. The number of carbonyl (C=O) groups is 2. The molecule has 0 saturated carbocycles. The van der Waals surface area contributed by atoms with E-state index in [-0.39, 0.29) is 11.8 Å². The highest BCUT2D eigenvalue weighted by atomic mass is 32.2. The van der Waals surface area contributed by atoms with Gasteiger partial charge in [-0.05, 0) is 49.4 Å². The Morgan fingerprint density at radius 1 is 1.17 bits per heavy atom. The number of nitrogens with one attached hydrogen (secondary N) is 2. The number of nitriles is 1. The first-order valence-corrected chi connectivity index (χ1v) is 12.3. The lowest BCUT2D eigenvalue weighted by Gasteiger charge is -2.09. The molecule has 0 spiro atoms. The molecule has 6 nitrogen and oxygen atoms in total. The van der Waals surface area contributed by atoms with Crippen molar-refractivity contribution in [2.75, 3.05) is 7.05 Å². The summed E-state index contributed by atoms with van der Waals surface area (Å²) in [5, 5.41) is 15.5. The summed E-state index contributed by atoms with van der Waals surface area (Å²) in [5.41, 5.74) is 2.44. The molecule has 2 aromatic carbocycles. The van der Waals surface area contributed by atoms with Crippen molar-refractivity contribution in [3.8, 4) is 6.07 Å². The van der Waals surface area contributed by atoms with Crippen LogP contribution in [0.4, 0.5) is 0 Å². The van der Waals surface area contributed by atoms with E-state index in [0.717, 1.165) is 25.2 Å². The van der Waals surface area contributed by atoms with E-state index in [1.165, 1.54) is 29.2 Å². The van der Waals surface area contributed by atoms with Gasteiger partial charge in [0.15, 0.2) is 0 Å². The van der Waals surface area contributed by atoms with E-state index < -0.39 is 0 Å². The number of nitrogens with zero attached hydrogens (tertiary/aromatic N) is 2. The van der Waals surface area contributed by atoms with Gasteiger partial charge in [0.05, 0.1) is 23.8 Å². The van der Waals surface area contributed by atoms with E-state index in [2.05, 4.69) is 28.3 Å². The number of carbonyl (C=O) groups excluding carboxylic acids is 2. The predicted molar refractivity (Wildman–Crippen MR) is 141 cm³/mol. The first-order valence-electron chi connectivity index (χ1n) is 10.7. The highest BCUT2D eigenvalue weighted by Gasteiger charge is 2.12. The topological polar surface area (TPSA) is 94.9 Å². The number of hydrogen-bond donors (Lipinski definition) is 2. The third-order valence-corrected chi connectivity index (χ3v) is 7.03. The summed E-state index contributed by atoms with van der Waals surface area (Å²) in [5.74, 6) is -0.328. The zero-order chi connectivity index (χ0) is 25.2. The maximum Gasteiger partial charge on any atom is 0.252 e. The number of benzene rings is 2. The minimum Gasteiger partial charge on any atom is -0.355 e. The van der Waals surface area contributed by atoms with Crippen LogP contribution in [0, 0.1) is 11.3 Å². The molecule has 2 N–H and O–H groups in total. The molecule has 1 heterocycles. The fourth-order valence-electron chi connectivity index (χ4n) is 3.04. The van der Waals surface area contributed by atoms with E-state index in [1.54, 1.807) is 37.5 Å². The van der Waals surface area contributed by atoms with Crippen molar-refractivity contribution in [2.24, 2.45) is 0 Å². The second kappa shape index (κ2) is 12.5. The summed E-state index contributed by atoms with van der Waals surface area (Å²) in [6.45, 7) is 5.86. The molecule has 0 aliphatic heterocycles. The third kappa shape index (κ3) is 6.79. The molecule has 35 heavy (non-hydrogen) atoms. The molecule has 0 aliphatic rings. The highest BCUT2D eigenvalue weighted by Crippen LogP contribution is 2.30. The maximum absolute atomic E-state index is 12.6. The molecule has 0 saturated heterocycles. The van der Waals surface area contributed by atoms with Crippen molar-refractivity contribution in [2.45, 2.75) is 23.3 Å². The number of rotatable bonds is 9. The predicted octanol–water partition coefficient (Wildman–Crippen LogP) is 5.62. The Labute approximate surface area is 213 Å².